The van der Waals surface area contributed by atoms with Crippen LogP contribution in [0.3, 0.4) is 0 Å². The normalized spacial score (nSPS) is 21.1. The summed E-state index contributed by atoms with van der Waals surface area (Å²) in [4.78, 5) is 28.5. The molecular weight excluding hydrogens is 486 g/mol. The number of nitrogens with zero attached hydrogens (tertiary/aromatic N) is 3. The van der Waals surface area contributed by atoms with Crippen molar-refractivity contribution in [2.75, 3.05) is 59.7 Å². The van der Waals surface area contributed by atoms with E-state index in [1.807, 2.05) is 24.3 Å². The van der Waals surface area contributed by atoms with Crippen molar-refractivity contribution in [3.8, 4) is 11.5 Å². The molecule has 0 spiro atoms. The Bertz CT molecular complexity index is 1030. The van der Waals surface area contributed by atoms with E-state index in [9.17, 15) is 14.7 Å². The molecule has 1 unspecified atom stereocenters. The van der Waals surface area contributed by atoms with E-state index in [4.69, 9.17) is 25.8 Å². The van der Waals surface area contributed by atoms with E-state index in [1.54, 1.807) is 31.3 Å². The molecule has 0 radical (unpaired) electrons. The number of carbonyl (C=O) groups excluding carboxylic acids is 2. The number of halogens is 1. The van der Waals surface area contributed by atoms with Gasteiger partial charge in [0.2, 0.25) is 5.91 Å². The number of β-amino-alcohol motifs (C(OH)–C–C–N with tert-alkyl or cyclic N) is 1. The molecule has 3 amide bonds. The number of aliphatic hydroxyl groups is 1. The first-order valence-corrected chi connectivity index (χ1v) is 12.4. The van der Waals surface area contributed by atoms with Gasteiger partial charge in [0.05, 0.1) is 19.8 Å². The molecule has 0 saturated carbocycles. The van der Waals surface area contributed by atoms with Crippen molar-refractivity contribution in [3.63, 3.8) is 0 Å². The third-order valence-corrected chi connectivity index (χ3v) is 6.37. The molecule has 0 aliphatic carbocycles. The van der Waals surface area contributed by atoms with Crippen LogP contribution in [0.15, 0.2) is 48.5 Å². The monoisotopic (exact) mass is 517 g/mol. The fraction of sp³-hybridized carbons (Fsp3) is 0.462. The molecule has 4 rings (SSSR count). The summed E-state index contributed by atoms with van der Waals surface area (Å²) in [5.41, 5.74) is -0.0481. The molecule has 2 aromatic carbocycles. The van der Waals surface area contributed by atoms with Gasteiger partial charge in [-0.2, -0.15) is 0 Å². The summed E-state index contributed by atoms with van der Waals surface area (Å²) in [6.45, 7) is 3.51. The van der Waals surface area contributed by atoms with Gasteiger partial charge in [-0.1, -0.05) is 23.7 Å². The van der Waals surface area contributed by atoms with Crippen LogP contribution < -0.4 is 9.47 Å². The van der Waals surface area contributed by atoms with E-state index in [-0.39, 0.29) is 31.7 Å². The van der Waals surface area contributed by atoms with Crippen LogP contribution in [0, 0.1) is 0 Å². The Morgan fingerprint density at radius 1 is 1.06 bits per heavy atom. The highest BCUT2D eigenvalue weighted by molar-refractivity contribution is 6.30. The summed E-state index contributed by atoms with van der Waals surface area (Å²) in [7, 11) is 1.62. The van der Waals surface area contributed by atoms with Crippen LogP contribution in [-0.2, 0) is 16.1 Å². The second kappa shape index (κ2) is 11.9. The van der Waals surface area contributed by atoms with Crippen molar-refractivity contribution in [2.24, 2.45) is 0 Å². The van der Waals surface area contributed by atoms with Gasteiger partial charge in [0, 0.05) is 38.2 Å². The van der Waals surface area contributed by atoms with Gasteiger partial charge in [0.15, 0.2) is 0 Å². The maximum atomic E-state index is 11.9. The first kappa shape index (κ1) is 26.2. The zero-order valence-corrected chi connectivity index (χ0v) is 21.2. The Labute approximate surface area is 216 Å². The van der Waals surface area contributed by atoms with E-state index in [2.05, 4.69) is 4.90 Å². The smallest absolute Gasteiger partial charge is 0.326 e. The van der Waals surface area contributed by atoms with Gasteiger partial charge in [-0.3, -0.25) is 14.6 Å². The second-order valence-corrected chi connectivity index (χ2v) is 9.70. The maximum absolute atomic E-state index is 11.9. The summed E-state index contributed by atoms with van der Waals surface area (Å²) >= 11 is 5.92. The van der Waals surface area contributed by atoms with Crippen LogP contribution in [0.1, 0.15) is 12.0 Å². The molecular formula is C26H32ClN3O6. The minimum Gasteiger partial charge on any atom is -0.494 e. The number of benzene rings is 2. The van der Waals surface area contributed by atoms with E-state index in [0.717, 1.165) is 11.3 Å². The number of imide groups is 1. The number of likely N-dealkylation sites (N-methyl/N-ethyl adjacent to an activating group) is 1. The van der Waals surface area contributed by atoms with Crippen LogP contribution in [-0.4, -0.2) is 97.0 Å². The molecule has 0 aromatic heterocycles. The molecule has 9 nitrogen and oxygen atoms in total. The van der Waals surface area contributed by atoms with Gasteiger partial charge in [0.1, 0.15) is 30.3 Å². The van der Waals surface area contributed by atoms with Gasteiger partial charge >= 0.3 is 6.03 Å². The van der Waals surface area contributed by atoms with Crippen LogP contribution in [0.25, 0.3) is 0 Å². The van der Waals surface area contributed by atoms with Crippen molar-refractivity contribution < 1.29 is 28.9 Å². The predicted molar refractivity (Wildman–Crippen MR) is 134 cm³/mol. The van der Waals surface area contributed by atoms with Gasteiger partial charge in [-0.25, -0.2) is 4.79 Å². The first-order valence-electron chi connectivity index (χ1n) is 12.0. The molecule has 2 aliphatic rings. The third kappa shape index (κ3) is 7.10. The quantitative estimate of drug-likeness (QED) is 0.382. The molecule has 194 valence electrons. The Hall–Kier alpha value is -2.85. The summed E-state index contributed by atoms with van der Waals surface area (Å²) in [6, 6.07) is 14.6. The second-order valence-electron chi connectivity index (χ2n) is 9.26. The van der Waals surface area contributed by atoms with Gasteiger partial charge < -0.3 is 24.2 Å². The van der Waals surface area contributed by atoms with Gasteiger partial charge in [-0.05, 0) is 48.4 Å². The lowest BCUT2D eigenvalue weighted by molar-refractivity contribution is -0.125. The molecule has 1 atom stereocenters. The number of rotatable bonds is 10. The van der Waals surface area contributed by atoms with Crippen molar-refractivity contribution in [3.05, 3.63) is 59.1 Å². The van der Waals surface area contributed by atoms with Gasteiger partial charge in [-0.15, -0.1) is 0 Å². The first-order chi connectivity index (χ1) is 17.3. The highest BCUT2D eigenvalue weighted by atomic mass is 35.5. The third-order valence-electron chi connectivity index (χ3n) is 6.12. The number of ether oxygens (including phenoxy) is 3. The van der Waals surface area contributed by atoms with Crippen LogP contribution in [0.5, 0.6) is 11.5 Å². The van der Waals surface area contributed by atoms with E-state index in [1.165, 1.54) is 9.80 Å². The zero-order chi connectivity index (χ0) is 25.5. The fourth-order valence-corrected chi connectivity index (χ4v) is 4.34. The highest BCUT2D eigenvalue weighted by Gasteiger charge is 2.34. The summed E-state index contributed by atoms with van der Waals surface area (Å²) in [6.07, 6.45) is 0.567. The average molecular weight is 518 g/mol. The Morgan fingerprint density at radius 3 is 2.44 bits per heavy atom. The summed E-state index contributed by atoms with van der Waals surface area (Å²) in [5.74, 6) is 1.20. The molecule has 1 N–H and O–H groups in total. The Morgan fingerprint density at radius 2 is 1.75 bits per heavy atom. The SMILES string of the molecule is CN1CC(=O)N(CCCOc2ccc(CN3CCOCC(O)(COc4ccc(Cl)cc4)C3)cc2)C1=O. The molecule has 10 heteroatoms. The Balaban J connectivity index is 1.23. The molecule has 36 heavy (non-hydrogen) atoms. The van der Waals surface area contributed by atoms with Gasteiger partial charge in [0.25, 0.3) is 0 Å². The minimum absolute atomic E-state index is 0.114. The predicted octanol–water partition coefficient (Wildman–Crippen LogP) is 2.65. The number of hydrogen-bond acceptors (Lipinski definition) is 7. The van der Waals surface area contributed by atoms with Crippen molar-refractivity contribution in [1.29, 1.82) is 0 Å². The number of carbonyl (C=O) groups is 2. The van der Waals surface area contributed by atoms with E-state index in [0.29, 0.717) is 56.6 Å². The van der Waals surface area contributed by atoms with E-state index < -0.39 is 5.60 Å². The standard InChI is InChI=1S/C26H32ClN3O6/c1-28-16-24(31)30(25(28)32)11-2-13-35-22-7-3-20(4-8-22)15-29-12-14-34-18-26(33,17-29)19-36-23-9-5-21(27)6-10-23/h3-10,33H,2,11-19H2,1H3. The highest BCUT2D eigenvalue weighted by Crippen LogP contribution is 2.21. The zero-order valence-electron chi connectivity index (χ0n) is 20.4. The molecule has 2 aliphatic heterocycles. The Kier molecular flexibility index (Phi) is 8.68. The van der Waals surface area contributed by atoms with Crippen molar-refractivity contribution in [1.82, 2.24) is 14.7 Å². The summed E-state index contributed by atoms with van der Waals surface area (Å²) < 4.78 is 17.2. The maximum Gasteiger partial charge on any atom is 0.326 e. The largest absolute Gasteiger partial charge is 0.494 e. The summed E-state index contributed by atoms with van der Waals surface area (Å²) in [5, 5.41) is 11.7. The molecule has 2 heterocycles. The van der Waals surface area contributed by atoms with Crippen LogP contribution in [0.2, 0.25) is 5.02 Å². The topological polar surface area (TPSA) is 91.8 Å². The van der Waals surface area contributed by atoms with Crippen LogP contribution in [0.4, 0.5) is 4.79 Å². The number of urea groups is 1. The number of hydrogen-bond donors (Lipinski definition) is 1. The van der Waals surface area contributed by atoms with E-state index >= 15 is 0 Å². The fourth-order valence-electron chi connectivity index (χ4n) is 4.22. The lowest BCUT2D eigenvalue weighted by atomic mass is 10.1. The van der Waals surface area contributed by atoms with Crippen LogP contribution >= 0.6 is 11.6 Å². The molecule has 2 saturated heterocycles. The van der Waals surface area contributed by atoms with Crippen molar-refractivity contribution >= 4 is 23.5 Å². The molecule has 2 aromatic rings. The lowest BCUT2D eigenvalue weighted by Gasteiger charge is -2.30. The lowest BCUT2D eigenvalue weighted by Crippen LogP contribution is -2.48. The molecule has 2 fully saturated rings. The minimum atomic E-state index is -1.13. The number of amides is 3. The average Bonchev–Trinajstić information content (AvgIpc) is 2.99. The molecule has 0 bridgehead atoms. The van der Waals surface area contributed by atoms with Crippen molar-refractivity contribution in [2.45, 2.75) is 18.6 Å².